The van der Waals surface area contributed by atoms with E-state index in [0.29, 0.717) is 5.82 Å². The first kappa shape index (κ1) is 15.5. The van der Waals surface area contributed by atoms with E-state index >= 15 is 0 Å². The van der Waals surface area contributed by atoms with E-state index in [4.69, 9.17) is 0 Å². The van der Waals surface area contributed by atoms with Crippen LogP contribution >= 0.6 is 11.8 Å². The Labute approximate surface area is 140 Å². The van der Waals surface area contributed by atoms with Crippen molar-refractivity contribution in [1.29, 1.82) is 0 Å². The molecule has 0 bridgehead atoms. The second-order valence-corrected chi connectivity index (χ2v) is 6.08. The maximum atomic E-state index is 4.59. The van der Waals surface area contributed by atoms with Crippen molar-refractivity contribution in [3.8, 4) is 11.4 Å². The van der Waals surface area contributed by atoms with Crippen LogP contribution in [-0.4, -0.2) is 21.2 Å². The van der Waals surface area contributed by atoms with Crippen molar-refractivity contribution < 1.29 is 0 Å². The van der Waals surface area contributed by atoms with E-state index in [9.17, 15) is 0 Å². The van der Waals surface area contributed by atoms with Gasteiger partial charge in [0.25, 0.3) is 0 Å². The molecule has 116 valence electrons. The molecule has 0 aliphatic heterocycles. The number of benzene rings is 1. The number of pyridine rings is 1. The fraction of sp³-hybridized carbons (Fsp3) is 0.167. The van der Waals surface area contributed by atoms with Gasteiger partial charge in [-0.05, 0) is 43.0 Å². The number of rotatable bonds is 5. The van der Waals surface area contributed by atoms with Gasteiger partial charge in [-0.2, -0.15) is 11.8 Å². The van der Waals surface area contributed by atoms with Crippen molar-refractivity contribution >= 4 is 23.3 Å². The zero-order chi connectivity index (χ0) is 16.1. The Kier molecular flexibility index (Phi) is 4.88. The van der Waals surface area contributed by atoms with Gasteiger partial charge >= 0.3 is 0 Å². The smallest absolute Gasteiger partial charge is 0.163 e. The number of nitrogens with zero attached hydrogens (tertiary/aromatic N) is 3. The molecule has 0 atom stereocenters. The molecule has 3 aromatic rings. The fourth-order valence-electron chi connectivity index (χ4n) is 2.26. The molecule has 5 heteroatoms. The van der Waals surface area contributed by atoms with Crippen LogP contribution in [0.4, 0.5) is 11.5 Å². The standard InChI is InChI=1S/C18H18N4S/c1-13-10-17(21-16-7-5-14(6-8-16)12-23-2)22-18(20-13)15-4-3-9-19-11-15/h3-11H,12H2,1-2H3,(H,20,21,22). The predicted molar refractivity (Wildman–Crippen MR) is 96.9 cm³/mol. The van der Waals surface area contributed by atoms with Crippen molar-refractivity contribution in [3.05, 3.63) is 66.1 Å². The van der Waals surface area contributed by atoms with E-state index in [1.54, 1.807) is 12.4 Å². The number of nitrogens with one attached hydrogen (secondary N) is 1. The molecule has 0 amide bonds. The van der Waals surface area contributed by atoms with Crippen LogP contribution in [0.25, 0.3) is 11.4 Å². The number of aryl methyl sites for hydroxylation is 1. The molecule has 0 aliphatic rings. The third-order valence-corrected chi connectivity index (χ3v) is 3.93. The Morgan fingerprint density at radius 2 is 1.91 bits per heavy atom. The summed E-state index contributed by atoms with van der Waals surface area (Å²) in [4.78, 5) is 13.2. The molecule has 0 saturated carbocycles. The molecule has 4 nitrogen and oxygen atoms in total. The molecule has 0 saturated heterocycles. The summed E-state index contributed by atoms with van der Waals surface area (Å²) in [6.45, 7) is 1.97. The first-order valence-electron chi connectivity index (χ1n) is 7.35. The largest absolute Gasteiger partial charge is 0.340 e. The third-order valence-electron chi connectivity index (χ3n) is 3.31. The van der Waals surface area contributed by atoms with Crippen LogP contribution in [0.2, 0.25) is 0 Å². The lowest BCUT2D eigenvalue weighted by molar-refractivity contribution is 1.11. The number of aromatic nitrogens is 3. The minimum Gasteiger partial charge on any atom is -0.340 e. The summed E-state index contributed by atoms with van der Waals surface area (Å²) >= 11 is 1.82. The summed E-state index contributed by atoms with van der Waals surface area (Å²) in [5.41, 5.74) is 4.16. The van der Waals surface area contributed by atoms with Gasteiger partial charge in [-0.15, -0.1) is 0 Å². The lowest BCUT2D eigenvalue weighted by Gasteiger charge is -2.09. The monoisotopic (exact) mass is 322 g/mol. The summed E-state index contributed by atoms with van der Waals surface area (Å²) in [5.74, 6) is 2.49. The highest BCUT2D eigenvalue weighted by Crippen LogP contribution is 2.21. The van der Waals surface area contributed by atoms with Gasteiger partial charge in [-0.25, -0.2) is 9.97 Å². The number of anilines is 2. The van der Waals surface area contributed by atoms with Crippen LogP contribution in [0.5, 0.6) is 0 Å². The summed E-state index contributed by atoms with van der Waals surface area (Å²) < 4.78 is 0. The molecule has 3 rings (SSSR count). The van der Waals surface area contributed by atoms with Crippen molar-refractivity contribution in [2.24, 2.45) is 0 Å². The van der Waals surface area contributed by atoms with E-state index in [-0.39, 0.29) is 0 Å². The lowest BCUT2D eigenvalue weighted by Crippen LogP contribution is -1.99. The van der Waals surface area contributed by atoms with Gasteiger partial charge < -0.3 is 5.32 Å². The average molecular weight is 322 g/mol. The second kappa shape index (κ2) is 7.24. The van der Waals surface area contributed by atoms with Gasteiger partial charge in [0.15, 0.2) is 5.82 Å². The summed E-state index contributed by atoms with van der Waals surface area (Å²) in [6.07, 6.45) is 5.63. The molecule has 0 unspecified atom stereocenters. The zero-order valence-corrected chi connectivity index (χ0v) is 14.0. The van der Waals surface area contributed by atoms with Crippen LogP contribution in [0.3, 0.4) is 0 Å². The first-order valence-corrected chi connectivity index (χ1v) is 8.75. The van der Waals surface area contributed by atoms with E-state index in [0.717, 1.165) is 28.5 Å². The van der Waals surface area contributed by atoms with Crippen molar-refractivity contribution in [2.75, 3.05) is 11.6 Å². The van der Waals surface area contributed by atoms with Gasteiger partial charge in [0.2, 0.25) is 0 Å². The highest BCUT2D eigenvalue weighted by atomic mass is 32.2. The van der Waals surface area contributed by atoms with Gasteiger partial charge in [0.05, 0.1) is 0 Å². The molecule has 0 fully saturated rings. The van der Waals surface area contributed by atoms with Gasteiger partial charge in [-0.3, -0.25) is 4.98 Å². The van der Waals surface area contributed by atoms with Crippen LogP contribution < -0.4 is 5.32 Å². The predicted octanol–water partition coefficient (Wildman–Crippen LogP) is 4.45. The van der Waals surface area contributed by atoms with Crippen LogP contribution in [0, 0.1) is 6.92 Å². The Balaban J connectivity index is 1.84. The fourth-order valence-corrected chi connectivity index (χ4v) is 2.78. The number of thioether (sulfide) groups is 1. The van der Waals surface area contributed by atoms with E-state index in [1.165, 1.54) is 5.56 Å². The Bertz CT molecular complexity index is 773. The maximum absolute atomic E-state index is 4.59. The normalized spacial score (nSPS) is 10.5. The van der Waals surface area contributed by atoms with Gasteiger partial charge in [0, 0.05) is 41.2 Å². The molecular weight excluding hydrogens is 304 g/mol. The number of hydrogen-bond donors (Lipinski definition) is 1. The maximum Gasteiger partial charge on any atom is 0.163 e. The van der Waals surface area contributed by atoms with E-state index in [1.807, 2.05) is 36.9 Å². The van der Waals surface area contributed by atoms with Crippen molar-refractivity contribution in [2.45, 2.75) is 12.7 Å². The van der Waals surface area contributed by atoms with E-state index < -0.39 is 0 Å². The molecule has 0 radical (unpaired) electrons. The molecule has 0 aliphatic carbocycles. The summed E-state index contributed by atoms with van der Waals surface area (Å²) in [6, 6.07) is 14.2. The molecule has 1 N–H and O–H groups in total. The minimum absolute atomic E-state index is 0.680. The SMILES string of the molecule is CSCc1ccc(Nc2cc(C)nc(-c3cccnc3)n2)cc1. The zero-order valence-electron chi connectivity index (χ0n) is 13.2. The number of hydrogen-bond acceptors (Lipinski definition) is 5. The molecule has 2 aromatic heterocycles. The highest BCUT2D eigenvalue weighted by molar-refractivity contribution is 7.97. The van der Waals surface area contributed by atoms with E-state index in [2.05, 4.69) is 50.8 Å². The second-order valence-electron chi connectivity index (χ2n) is 5.21. The average Bonchev–Trinajstić information content (AvgIpc) is 2.57. The van der Waals surface area contributed by atoms with Crippen LogP contribution in [-0.2, 0) is 5.75 Å². The Morgan fingerprint density at radius 3 is 2.61 bits per heavy atom. The summed E-state index contributed by atoms with van der Waals surface area (Å²) in [7, 11) is 0. The molecule has 23 heavy (non-hydrogen) atoms. The molecule has 1 aromatic carbocycles. The van der Waals surface area contributed by atoms with Crippen molar-refractivity contribution in [1.82, 2.24) is 15.0 Å². The highest BCUT2D eigenvalue weighted by Gasteiger charge is 2.05. The third kappa shape index (κ3) is 4.07. The van der Waals surface area contributed by atoms with Crippen molar-refractivity contribution in [3.63, 3.8) is 0 Å². The van der Waals surface area contributed by atoms with Gasteiger partial charge in [0.1, 0.15) is 5.82 Å². The molecule has 0 spiro atoms. The van der Waals surface area contributed by atoms with Gasteiger partial charge in [-0.1, -0.05) is 12.1 Å². The Hall–Kier alpha value is -2.40. The first-order chi connectivity index (χ1) is 11.2. The lowest BCUT2D eigenvalue weighted by atomic mass is 10.2. The minimum atomic E-state index is 0.680. The topological polar surface area (TPSA) is 50.7 Å². The van der Waals surface area contributed by atoms with Crippen LogP contribution in [0.1, 0.15) is 11.3 Å². The van der Waals surface area contributed by atoms with Crippen LogP contribution in [0.15, 0.2) is 54.9 Å². The Morgan fingerprint density at radius 1 is 1.09 bits per heavy atom. The molecule has 2 heterocycles. The quantitative estimate of drug-likeness (QED) is 0.752. The summed E-state index contributed by atoms with van der Waals surface area (Å²) in [5, 5.41) is 3.35. The molecular formula is C18H18N4S.